The lowest BCUT2D eigenvalue weighted by Crippen LogP contribution is -2.49. The summed E-state index contributed by atoms with van der Waals surface area (Å²) < 4.78 is 33.9. The van der Waals surface area contributed by atoms with Crippen LogP contribution >= 0.6 is 0 Å². The molecule has 8 nitrogen and oxygen atoms in total. The first-order chi connectivity index (χ1) is 19.3. The number of hydrogen-bond donors (Lipinski definition) is 1. The number of carbonyl (C=O) groups excluding carboxylic acids is 1. The number of amides is 2. The highest BCUT2D eigenvalue weighted by molar-refractivity contribution is 7.90. The summed E-state index contributed by atoms with van der Waals surface area (Å²) >= 11 is 0. The van der Waals surface area contributed by atoms with Crippen LogP contribution in [-0.4, -0.2) is 48.1 Å². The Labute approximate surface area is 235 Å². The van der Waals surface area contributed by atoms with E-state index in [1.54, 1.807) is 70.6 Å². The molecule has 1 fully saturated rings. The summed E-state index contributed by atoms with van der Waals surface area (Å²) in [5, 5.41) is 11.1. The first-order valence-electron chi connectivity index (χ1n) is 13.7. The first-order valence-corrected chi connectivity index (χ1v) is 15.2. The average Bonchev–Trinajstić information content (AvgIpc) is 3.40. The Balaban J connectivity index is 1.37. The predicted molar refractivity (Wildman–Crippen MR) is 157 cm³/mol. The van der Waals surface area contributed by atoms with Crippen molar-refractivity contribution in [3.63, 3.8) is 0 Å². The van der Waals surface area contributed by atoms with Crippen molar-refractivity contribution in [2.45, 2.75) is 51.0 Å². The number of phenols is 1. The third-order valence-corrected chi connectivity index (χ3v) is 9.00. The highest BCUT2D eigenvalue weighted by Crippen LogP contribution is 2.33. The van der Waals surface area contributed by atoms with Crippen LogP contribution in [0.1, 0.15) is 43.7 Å². The summed E-state index contributed by atoms with van der Waals surface area (Å²) in [4.78, 5) is 17.3. The van der Waals surface area contributed by atoms with E-state index in [4.69, 9.17) is 4.74 Å². The fourth-order valence-electron chi connectivity index (χ4n) is 5.07. The summed E-state index contributed by atoms with van der Waals surface area (Å²) in [7, 11) is -3.77. The molecule has 2 amide bonds. The van der Waals surface area contributed by atoms with Crippen LogP contribution in [0.2, 0.25) is 0 Å². The van der Waals surface area contributed by atoms with Gasteiger partial charge in [0.25, 0.3) is 10.0 Å². The number of rotatable bonds is 10. The van der Waals surface area contributed by atoms with Gasteiger partial charge in [0.1, 0.15) is 0 Å². The Hall–Kier alpha value is -3.98. The molecule has 0 aliphatic carbocycles. The fraction of sp³-hybridized carbons (Fsp3) is 0.323. The van der Waals surface area contributed by atoms with Gasteiger partial charge in [-0.3, -0.25) is 4.90 Å². The average molecular weight is 562 g/mol. The smallest absolute Gasteiger partial charge is 0.324 e. The molecule has 1 N–H and O–H groups in total. The molecule has 2 heterocycles. The summed E-state index contributed by atoms with van der Waals surface area (Å²) in [5.41, 5.74) is 3.10. The third-order valence-electron chi connectivity index (χ3n) is 7.30. The standard InChI is InChI=1S/C31H35N3O5S/c1-3-4-5-20-39-30-21-25(12-15-29(30)35)33-18-7-17-32(31(33)36)22-24-8-6-9-28-27(24)16-19-34(28)40(37,38)26-13-10-23(2)11-14-26/h6,8-16,19,21,35H,3-5,7,17-18,20,22H2,1-2H3. The van der Waals surface area contributed by atoms with Crippen molar-refractivity contribution in [2.24, 2.45) is 0 Å². The van der Waals surface area contributed by atoms with Gasteiger partial charge in [-0.2, -0.15) is 0 Å². The maximum Gasteiger partial charge on any atom is 0.324 e. The zero-order valence-corrected chi connectivity index (χ0v) is 23.7. The number of phenolic OH excluding ortho intramolecular Hbond substituents is 1. The van der Waals surface area contributed by atoms with Crippen molar-refractivity contribution >= 4 is 32.6 Å². The normalized spacial score (nSPS) is 14.2. The maximum absolute atomic E-state index is 13.6. The van der Waals surface area contributed by atoms with Gasteiger partial charge in [0.15, 0.2) is 11.5 Å². The molecule has 0 atom stereocenters. The second kappa shape index (κ2) is 11.6. The molecule has 1 aliphatic rings. The molecular formula is C31H35N3O5S. The van der Waals surface area contributed by atoms with E-state index < -0.39 is 10.0 Å². The van der Waals surface area contributed by atoms with Crippen LogP contribution in [0.5, 0.6) is 11.5 Å². The van der Waals surface area contributed by atoms with Crippen molar-refractivity contribution in [3.8, 4) is 11.5 Å². The highest BCUT2D eigenvalue weighted by atomic mass is 32.2. The minimum Gasteiger partial charge on any atom is -0.504 e. The summed E-state index contributed by atoms with van der Waals surface area (Å²) in [6, 6.07) is 19.0. The fourth-order valence-corrected chi connectivity index (χ4v) is 6.42. The monoisotopic (exact) mass is 561 g/mol. The van der Waals surface area contributed by atoms with Crippen LogP contribution in [0, 0.1) is 6.92 Å². The molecule has 1 aliphatic heterocycles. The maximum atomic E-state index is 13.6. The van der Waals surface area contributed by atoms with E-state index in [0.717, 1.165) is 42.2 Å². The van der Waals surface area contributed by atoms with Crippen LogP contribution in [-0.2, 0) is 16.6 Å². The molecule has 0 radical (unpaired) electrons. The van der Waals surface area contributed by atoms with E-state index in [9.17, 15) is 18.3 Å². The second-order valence-electron chi connectivity index (χ2n) is 10.2. The number of unbranched alkanes of at least 4 members (excludes halogenated alkanes) is 2. The van der Waals surface area contributed by atoms with Crippen molar-refractivity contribution in [1.82, 2.24) is 8.87 Å². The second-order valence-corrected chi connectivity index (χ2v) is 12.0. The van der Waals surface area contributed by atoms with Crippen molar-refractivity contribution in [1.29, 1.82) is 0 Å². The van der Waals surface area contributed by atoms with Gasteiger partial charge in [-0.1, -0.05) is 49.6 Å². The Kier molecular flexibility index (Phi) is 8.02. The zero-order valence-electron chi connectivity index (χ0n) is 22.9. The van der Waals surface area contributed by atoms with E-state index in [1.807, 2.05) is 19.1 Å². The van der Waals surface area contributed by atoms with Crippen LogP contribution in [0.15, 0.2) is 77.8 Å². The first kappa shape index (κ1) is 27.6. The van der Waals surface area contributed by atoms with Gasteiger partial charge < -0.3 is 14.7 Å². The molecule has 0 bridgehead atoms. The molecule has 1 aromatic heterocycles. The van der Waals surface area contributed by atoms with Crippen molar-refractivity contribution in [2.75, 3.05) is 24.6 Å². The lowest BCUT2D eigenvalue weighted by Gasteiger charge is -2.36. The lowest BCUT2D eigenvalue weighted by atomic mass is 10.1. The van der Waals surface area contributed by atoms with Crippen LogP contribution < -0.4 is 9.64 Å². The van der Waals surface area contributed by atoms with Crippen molar-refractivity contribution < 1.29 is 23.1 Å². The van der Waals surface area contributed by atoms with E-state index >= 15 is 0 Å². The zero-order chi connectivity index (χ0) is 28.3. The van der Waals surface area contributed by atoms with Crippen molar-refractivity contribution in [3.05, 3.63) is 84.1 Å². The van der Waals surface area contributed by atoms with E-state index in [1.165, 1.54) is 3.97 Å². The van der Waals surface area contributed by atoms with Gasteiger partial charge in [0.2, 0.25) is 0 Å². The van der Waals surface area contributed by atoms with Gasteiger partial charge in [0, 0.05) is 43.0 Å². The molecule has 3 aromatic carbocycles. The Morgan fingerprint density at radius 1 is 0.975 bits per heavy atom. The quantitative estimate of drug-likeness (QED) is 0.230. The number of aromatic hydroxyl groups is 1. The SMILES string of the molecule is CCCCCOc1cc(N2CCCN(Cc3cccc4c3ccn4S(=O)(=O)c3ccc(C)cc3)C2=O)ccc1O. The molecule has 4 aromatic rings. The number of ether oxygens (including phenoxy) is 1. The van der Waals surface area contributed by atoms with Gasteiger partial charge in [-0.25, -0.2) is 17.2 Å². The van der Waals surface area contributed by atoms with Gasteiger partial charge in [0.05, 0.1) is 17.0 Å². The number of urea groups is 1. The summed E-state index contributed by atoms with van der Waals surface area (Å²) in [6.07, 6.45) is 5.38. The Bertz CT molecular complexity index is 1610. The minimum atomic E-state index is -3.77. The number of anilines is 1. The predicted octanol–water partition coefficient (Wildman–Crippen LogP) is 6.29. The number of hydrogen-bond acceptors (Lipinski definition) is 5. The molecule has 40 heavy (non-hydrogen) atoms. The number of nitrogens with zero attached hydrogens (tertiary/aromatic N) is 3. The molecule has 0 unspecified atom stereocenters. The number of aryl methyl sites for hydroxylation is 1. The van der Waals surface area contributed by atoms with Gasteiger partial charge in [-0.05, 0) is 61.7 Å². The summed E-state index contributed by atoms with van der Waals surface area (Å²) in [5.74, 6) is 0.428. The van der Waals surface area contributed by atoms with E-state index in [0.29, 0.717) is 43.2 Å². The van der Waals surface area contributed by atoms with Crippen LogP contribution in [0.25, 0.3) is 10.9 Å². The largest absolute Gasteiger partial charge is 0.504 e. The minimum absolute atomic E-state index is 0.0540. The van der Waals surface area contributed by atoms with Gasteiger partial charge >= 0.3 is 6.03 Å². The molecule has 9 heteroatoms. The van der Waals surface area contributed by atoms with E-state index in [2.05, 4.69) is 6.92 Å². The molecule has 0 spiro atoms. The molecule has 210 valence electrons. The van der Waals surface area contributed by atoms with Crippen LogP contribution in [0.3, 0.4) is 0 Å². The number of benzene rings is 3. The molecule has 0 saturated carbocycles. The van der Waals surface area contributed by atoms with Gasteiger partial charge in [-0.15, -0.1) is 0 Å². The lowest BCUT2D eigenvalue weighted by molar-refractivity contribution is 0.192. The highest BCUT2D eigenvalue weighted by Gasteiger charge is 2.28. The third kappa shape index (κ3) is 5.51. The molecular weight excluding hydrogens is 526 g/mol. The van der Waals surface area contributed by atoms with Crippen LogP contribution in [0.4, 0.5) is 10.5 Å². The Morgan fingerprint density at radius 2 is 1.77 bits per heavy atom. The summed E-state index contributed by atoms with van der Waals surface area (Å²) in [6.45, 7) is 6.04. The molecule has 1 saturated heterocycles. The van der Waals surface area contributed by atoms with E-state index in [-0.39, 0.29) is 16.7 Å². The number of fused-ring (bicyclic) bond motifs is 1. The Morgan fingerprint density at radius 3 is 2.55 bits per heavy atom. The number of carbonyl (C=O) groups is 1. The number of aromatic nitrogens is 1. The topological polar surface area (TPSA) is 92.1 Å². The molecule has 5 rings (SSSR count).